The molecule has 1 N–H and O–H groups in total. The number of aryl methyl sites for hydroxylation is 2. The average Bonchev–Trinajstić information content (AvgIpc) is 3.32. The number of benzene rings is 2. The van der Waals surface area contributed by atoms with Gasteiger partial charge in [-0.2, -0.15) is 0 Å². The first-order chi connectivity index (χ1) is 15.0. The molecule has 0 bridgehead atoms. The van der Waals surface area contributed by atoms with Gasteiger partial charge in [-0.15, -0.1) is 11.3 Å². The fourth-order valence-corrected chi connectivity index (χ4v) is 5.15. The first-order valence-corrected chi connectivity index (χ1v) is 11.4. The predicted octanol–water partition coefficient (Wildman–Crippen LogP) is 5.25. The van der Waals surface area contributed by atoms with Crippen LogP contribution < -0.4 is 5.32 Å². The summed E-state index contributed by atoms with van der Waals surface area (Å²) in [5.41, 5.74) is 6.56. The molecule has 0 spiro atoms. The summed E-state index contributed by atoms with van der Waals surface area (Å²) in [6.45, 7) is 6.94. The highest BCUT2D eigenvalue weighted by Crippen LogP contribution is 2.30. The molecule has 1 amide bonds. The SMILES string of the molecule is Cc1cc2occ(CC(=O)Nc3nc4c(s3)CN(Cc3ccccc3)CC4)c2cc1C. The Bertz CT molecular complexity index is 1240. The van der Waals surface area contributed by atoms with Crippen molar-refractivity contribution in [1.29, 1.82) is 0 Å². The third kappa shape index (κ3) is 4.27. The molecule has 31 heavy (non-hydrogen) atoms. The molecule has 6 heteroatoms. The summed E-state index contributed by atoms with van der Waals surface area (Å²) in [4.78, 5) is 21.1. The third-order valence-corrected chi connectivity index (χ3v) is 6.92. The quantitative estimate of drug-likeness (QED) is 0.469. The molecule has 2 aromatic heterocycles. The largest absolute Gasteiger partial charge is 0.464 e. The summed E-state index contributed by atoms with van der Waals surface area (Å²) in [5.74, 6) is -0.0619. The Balaban J connectivity index is 1.25. The number of anilines is 1. The number of furan rings is 1. The van der Waals surface area contributed by atoms with Crippen LogP contribution in [0, 0.1) is 13.8 Å². The van der Waals surface area contributed by atoms with Crippen LogP contribution in [0.3, 0.4) is 0 Å². The van der Waals surface area contributed by atoms with E-state index in [4.69, 9.17) is 4.42 Å². The van der Waals surface area contributed by atoms with Gasteiger partial charge < -0.3 is 9.73 Å². The van der Waals surface area contributed by atoms with Crippen LogP contribution >= 0.6 is 11.3 Å². The number of carbonyl (C=O) groups excluding carboxylic acids is 1. The number of carbonyl (C=O) groups is 1. The maximum atomic E-state index is 12.7. The van der Waals surface area contributed by atoms with E-state index >= 15 is 0 Å². The van der Waals surface area contributed by atoms with Gasteiger partial charge >= 0.3 is 0 Å². The van der Waals surface area contributed by atoms with Gasteiger partial charge in [0.25, 0.3) is 0 Å². The lowest BCUT2D eigenvalue weighted by molar-refractivity contribution is -0.115. The van der Waals surface area contributed by atoms with Crippen LogP contribution in [0.5, 0.6) is 0 Å². The second-order valence-electron chi connectivity index (χ2n) is 8.25. The second kappa shape index (κ2) is 8.29. The Morgan fingerprint density at radius 1 is 1.19 bits per heavy atom. The molecule has 0 aliphatic carbocycles. The Morgan fingerprint density at radius 2 is 2.00 bits per heavy atom. The third-order valence-electron chi connectivity index (χ3n) is 5.93. The molecule has 0 radical (unpaired) electrons. The molecule has 5 rings (SSSR count). The summed E-state index contributed by atoms with van der Waals surface area (Å²) in [6.07, 6.45) is 2.89. The lowest BCUT2D eigenvalue weighted by Crippen LogP contribution is -2.29. The number of fused-ring (bicyclic) bond motifs is 2. The van der Waals surface area contributed by atoms with Crippen molar-refractivity contribution in [3.05, 3.63) is 81.6 Å². The minimum Gasteiger partial charge on any atom is -0.464 e. The minimum atomic E-state index is -0.0619. The van der Waals surface area contributed by atoms with Crippen molar-refractivity contribution in [3.8, 4) is 0 Å². The first-order valence-electron chi connectivity index (χ1n) is 10.6. The van der Waals surface area contributed by atoms with Gasteiger partial charge in [0.1, 0.15) is 5.58 Å². The highest BCUT2D eigenvalue weighted by atomic mass is 32.1. The van der Waals surface area contributed by atoms with Crippen LogP contribution in [0.25, 0.3) is 11.0 Å². The average molecular weight is 432 g/mol. The van der Waals surface area contributed by atoms with Crippen molar-refractivity contribution < 1.29 is 9.21 Å². The Labute approximate surface area is 185 Å². The van der Waals surface area contributed by atoms with E-state index in [9.17, 15) is 4.79 Å². The molecule has 4 aromatic rings. The molecule has 1 aliphatic heterocycles. The molecular weight excluding hydrogens is 406 g/mol. The lowest BCUT2D eigenvalue weighted by atomic mass is 10.0. The molecule has 0 fully saturated rings. The maximum Gasteiger partial charge on any atom is 0.230 e. The van der Waals surface area contributed by atoms with Gasteiger partial charge in [-0.3, -0.25) is 9.69 Å². The zero-order valence-corrected chi connectivity index (χ0v) is 18.6. The zero-order chi connectivity index (χ0) is 21.4. The Kier molecular flexibility index (Phi) is 5.34. The number of nitrogens with one attached hydrogen (secondary N) is 1. The number of thiazole rings is 1. The molecule has 0 saturated heterocycles. The molecule has 0 atom stereocenters. The van der Waals surface area contributed by atoms with E-state index in [0.29, 0.717) is 5.13 Å². The van der Waals surface area contributed by atoms with Crippen molar-refractivity contribution in [2.24, 2.45) is 0 Å². The van der Waals surface area contributed by atoms with Gasteiger partial charge in [0.05, 0.1) is 18.4 Å². The molecule has 2 aromatic carbocycles. The highest BCUT2D eigenvalue weighted by molar-refractivity contribution is 7.15. The normalized spacial score (nSPS) is 14.0. The van der Waals surface area contributed by atoms with E-state index in [2.05, 4.69) is 59.4 Å². The Hall–Kier alpha value is -2.96. The molecule has 0 saturated carbocycles. The van der Waals surface area contributed by atoms with Crippen molar-refractivity contribution in [1.82, 2.24) is 9.88 Å². The van der Waals surface area contributed by atoms with Gasteiger partial charge in [0.2, 0.25) is 5.91 Å². The van der Waals surface area contributed by atoms with Crippen LogP contribution in [0.4, 0.5) is 5.13 Å². The smallest absolute Gasteiger partial charge is 0.230 e. The molecule has 3 heterocycles. The standard InChI is InChI=1S/C25H25N3O2S/c1-16-10-20-19(15-30-22(20)11-17(16)2)12-24(29)27-25-26-21-8-9-28(14-23(21)31-25)13-18-6-4-3-5-7-18/h3-7,10-11,15H,8-9,12-14H2,1-2H3,(H,26,27,29). The first kappa shape index (κ1) is 20.0. The maximum absolute atomic E-state index is 12.7. The summed E-state index contributed by atoms with van der Waals surface area (Å²) < 4.78 is 5.66. The number of hydrogen-bond acceptors (Lipinski definition) is 5. The van der Waals surface area contributed by atoms with Crippen molar-refractivity contribution in [2.45, 2.75) is 39.8 Å². The molecule has 5 nitrogen and oxygen atoms in total. The summed E-state index contributed by atoms with van der Waals surface area (Å²) in [6, 6.07) is 14.7. The van der Waals surface area contributed by atoms with Crippen molar-refractivity contribution in [2.75, 3.05) is 11.9 Å². The van der Waals surface area contributed by atoms with Crippen LogP contribution in [0.15, 0.2) is 53.1 Å². The lowest BCUT2D eigenvalue weighted by Gasteiger charge is -2.25. The predicted molar refractivity (Wildman–Crippen MR) is 124 cm³/mol. The van der Waals surface area contributed by atoms with Crippen LogP contribution in [-0.2, 0) is 30.7 Å². The van der Waals surface area contributed by atoms with Crippen LogP contribution in [-0.4, -0.2) is 22.3 Å². The van der Waals surface area contributed by atoms with E-state index in [1.54, 1.807) is 17.6 Å². The fraction of sp³-hybridized carbons (Fsp3) is 0.280. The van der Waals surface area contributed by atoms with Crippen LogP contribution in [0.1, 0.15) is 32.8 Å². The number of hydrogen-bond donors (Lipinski definition) is 1. The molecular formula is C25H25N3O2S. The van der Waals surface area contributed by atoms with Crippen molar-refractivity contribution in [3.63, 3.8) is 0 Å². The van der Waals surface area contributed by atoms with E-state index in [1.807, 2.05) is 12.1 Å². The van der Waals surface area contributed by atoms with Gasteiger partial charge in [0, 0.05) is 41.9 Å². The van der Waals surface area contributed by atoms with Gasteiger partial charge in [-0.1, -0.05) is 30.3 Å². The summed E-state index contributed by atoms with van der Waals surface area (Å²) in [5, 5.41) is 4.70. The summed E-state index contributed by atoms with van der Waals surface area (Å²) >= 11 is 1.59. The Morgan fingerprint density at radius 3 is 2.84 bits per heavy atom. The van der Waals surface area contributed by atoms with Gasteiger partial charge in [-0.25, -0.2) is 4.98 Å². The van der Waals surface area contributed by atoms with Crippen LogP contribution in [0.2, 0.25) is 0 Å². The number of amides is 1. The number of rotatable bonds is 5. The molecule has 1 aliphatic rings. The van der Waals surface area contributed by atoms with Crippen molar-refractivity contribution >= 4 is 33.3 Å². The number of nitrogens with zero attached hydrogens (tertiary/aromatic N) is 2. The molecule has 0 unspecified atom stereocenters. The highest BCUT2D eigenvalue weighted by Gasteiger charge is 2.22. The zero-order valence-electron chi connectivity index (χ0n) is 17.8. The summed E-state index contributed by atoms with van der Waals surface area (Å²) in [7, 11) is 0. The molecule has 158 valence electrons. The van der Waals surface area contributed by atoms with E-state index in [-0.39, 0.29) is 12.3 Å². The minimum absolute atomic E-state index is 0.0619. The monoisotopic (exact) mass is 431 g/mol. The topological polar surface area (TPSA) is 58.4 Å². The van der Waals surface area contributed by atoms with Gasteiger partial charge in [0.15, 0.2) is 5.13 Å². The van der Waals surface area contributed by atoms with E-state index in [1.165, 1.54) is 21.6 Å². The van der Waals surface area contributed by atoms with E-state index in [0.717, 1.165) is 48.3 Å². The van der Waals surface area contributed by atoms with Gasteiger partial charge in [-0.05, 0) is 42.7 Å². The number of aromatic nitrogens is 1. The second-order valence-corrected chi connectivity index (χ2v) is 9.34. The fourth-order valence-electron chi connectivity index (χ4n) is 4.09. The van der Waals surface area contributed by atoms with E-state index < -0.39 is 0 Å².